The van der Waals surface area contributed by atoms with Gasteiger partial charge in [0.2, 0.25) is 0 Å². The smallest absolute Gasteiger partial charge is 0.503 e. The van der Waals surface area contributed by atoms with Gasteiger partial charge in [-0.1, -0.05) is 0 Å². The molecule has 1 rings (SSSR count). The van der Waals surface area contributed by atoms with Gasteiger partial charge in [-0.25, -0.2) is 4.98 Å². The maximum Gasteiger partial charge on any atom is 0.573 e. The quantitative estimate of drug-likeness (QED) is 0.813. The molecule has 0 aromatic carbocycles. The Morgan fingerprint density at radius 3 is 2.11 bits per heavy atom. The number of halogens is 6. The number of aromatic nitrogens is 1. The zero-order valence-corrected chi connectivity index (χ0v) is 8.30. The maximum atomic E-state index is 12.3. The van der Waals surface area contributed by atoms with Gasteiger partial charge in [0.05, 0.1) is 12.3 Å². The minimum absolute atomic E-state index is 0.359. The minimum Gasteiger partial charge on any atom is -0.503 e. The lowest BCUT2D eigenvalue weighted by Gasteiger charge is -2.15. The van der Waals surface area contributed by atoms with Crippen LogP contribution >= 0.6 is 0 Å². The molecule has 1 aromatic rings. The van der Waals surface area contributed by atoms with Crippen LogP contribution in [0.5, 0.6) is 11.5 Å². The fraction of sp³-hybridized carbons (Fsp3) is 0.375. The van der Waals surface area contributed by atoms with Crippen LogP contribution in [0.1, 0.15) is 11.4 Å². The summed E-state index contributed by atoms with van der Waals surface area (Å²) < 4.78 is 75.9. The molecule has 0 fully saturated rings. The Morgan fingerprint density at radius 1 is 1.17 bits per heavy atom. The molecule has 0 saturated carbocycles. The summed E-state index contributed by atoms with van der Waals surface area (Å²) in [5.74, 6) is -3.27. The van der Waals surface area contributed by atoms with Crippen LogP contribution in [0.4, 0.5) is 26.3 Å². The van der Waals surface area contributed by atoms with Crippen LogP contribution in [-0.4, -0.2) is 21.6 Å². The van der Waals surface area contributed by atoms with Crippen molar-refractivity contribution in [3.63, 3.8) is 0 Å². The van der Waals surface area contributed by atoms with Gasteiger partial charge in [-0.15, -0.1) is 13.2 Å². The molecule has 0 aliphatic rings. The summed E-state index contributed by atoms with van der Waals surface area (Å²) in [5, 5.41) is 17.6. The number of hydrogen-bond donors (Lipinski definition) is 2. The van der Waals surface area contributed by atoms with Gasteiger partial charge in [0.15, 0.2) is 17.2 Å². The highest BCUT2D eigenvalue weighted by atomic mass is 19.4. The number of hydrogen-bond acceptors (Lipinski definition) is 4. The van der Waals surface area contributed by atoms with Crippen molar-refractivity contribution in [3.8, 4) is 11.5 Å². The van der Waals surface area contributed by atoms with Crippen LogP contribution in [0, 0.1) is 0 Å². The van der Waals surface area contributed by atoms with E-state index in [-0.39, 0.29) is 0 Å². The molecular weight excluding hydrogens is 272 g/mol. The van der Waals surface area contributed by atoms with Crippen molar-refractivity contribution in [1.82, 2.24) is 4.98 Å². The molecule has 0 spiro atoms. The first-order valence-electron chi connectivity index (χ1n) is 4.21. The fourth-order valence-electron chi connectivity index (χ4n) is 1.05. The van der Waals surface area contributed by atoms with Crippen molar-refractivity contribution >= 4 is 0 Å². The Labute approximate surface area is 95.4 Å². The highest BCUT2D eigenvalue weighted by Gasteiger charge is 2.40. The number of rotatable bonds is 2. The molecule has 18 heavy (non-hydrogen) atoms. The topological polar surface area (TPSA) is 62.6 Å². The fourth-order valence-corrected chi connectivity index (χ4v) is 1.05. The van der Waals surface area contributed by atoms with E-state index < -0.39 is 42.0 Å². The molecule has 0 aliphatic carbocycles. The van der Waals surface area contributed by atoms with E-state index in [1.165, 1.54) is 0 Å². The molecule has 0 atom stereocenters. The third-order valence-electron chi connectivity index (χ3n) is 1.67. The van der Waals surface area contributed by atoms with E-state index in [0.717, 1.165) is 0 Å². The lowest BCUT2D eigenvalue weighted by atomic mass is 10.2. The Hall–Kier alpha value is -1.71. The van der Waals surface area contributed by atoms with Crippen molar-refractivity contribution in [2.24, 2.45) is 0 Å². The summed E-state index contributed by atoms with van der Waals surface area (Å²) in [7, 11) is 0. The molecule has 4 nitrogen and oxygen atoms in total. The first-order chi connectivity index (χ1) is 8.04. The lowest BCUT2D eigenvalue weighted by molar-refractivity contribution is -0.275. The van der Waals surface area contributed by atoms with E-state index in [0.29, 0.717) is 6.07 Å². The third-order valence-corrected chi connectivity index (χ3v) is 1.67. The van der Waals surface area contributed by atoms with Crippen LogP contribution in [0.3, 0.4) is 0 Å². The first kappa shape index (κ1) is 14.4. The summed E-state index contributed by atoms with van der Waals surface area (Å²) in [6.45, 7) is -1.04. The molecule has 0 aliphatic heterocycles. The Balaban J connectivity index is 3.34. The van der Waals surface area contributed by atoms with E-state index in [4.69, 9.17) is 10.2 Å². The van der Waals surface area contributed by atoms with E-state index in [2.05, 4.69) is 9.72 Å². The lowest BCUT2D eigenvalue weighted by Crippen LogP contribution is -2.19. The molecule has 0 unspecified atom stereocenters. The van der Waals surface area contributed by atoms with Crippen molar-refractivity contribution in [2.75, 3.05) is 0 Å². The van der Waals surface area contributed by atoms with Gasteiger partial charge >= 0.3 is 12.5 Å². The molecule has 1 aromatic heterocycles. The van der Waals surface area contributed by atoms with Crippen LogP contribution in [0.15, 0.2) is 6.07 Å². The van der Waals surface area contributed by atoms with Gasteiger partial charge in [0.1, 0.15) is 0 Å². The van der Waals surface area contributed by atoms with Gasteiger partial charge in [-0.3, -0.25) is 0 Å². The van der Waals surface area contributed by atoms with Crippen LogP contribution < -0.4 is 4.74 Å². The Morgan fingerprint density at radius 2 is 1.72 bits per heavy atom. The minimum atomic E-state index is -5.28. The SMILES string of the molecule is OCc1cc(OC(F)(F)F)c(O)c(C(F)(F)F)n1. The average molecular weight is 277 g/mol. The molecule has 0 amide bonds. The predicted octanol–water partition coefficient (Wildman–Crippen LogP) is 2.20. The summed E-state index contributed by atoms with van der Waals surface area (Å²) in [5.41, 5.74) is -2.69. The molecular formula is C8H5F6NO3. The first-order valence-corrected chi connectivity index (χ1v) is 4.21. The Bertz CT molecular complexity index is 442. The molecule has 0 bridgehead atoms. The zero-order chi connectivity index (χ0) is 14.1. The van der Waals surface area contributed by atoms with Crippen LogP contribution in [0.2, 0.25) is 0 Å². The highest BCUT2D eigenvalue weighted by molar-refractivity contribution is 5.44. The van der Waals surface area contributed by atoms with Crippen molar-refractivity contribution in [2.45, 2.75) is 19.1 Å². The van der Waals surface area contributed by atoms with Crippen molar-refractivity contribution in [1.29, 1.82) is 0 Å². The Kier molecular flexibility index (Phi) is 3.60. The van der Waals surface area contributed by atoms with E-state index in [1.54, 1.807) is 0 Å². The summed E-state index contributed by atoms with van der Waals surface area (Å²) in [6.07, 6.45) is -10.5. The number of aliphatic hydroxyl groups excluding tert-OH is 1. The van der Waals surface area contributed by atoms with Gasteiger partial charge in [0.25, 0.3) is 0 Å². The molecule has 102 valence electrons. The van der Waals surface area contributed by atoms with Gasteiger partial charge in [-0.05, 0) is 0 Å². The summed E-state index contributed by atoms with van der Waals surface area (Å²) in [4.78, 5) is 2.78. The molecule has 0 saturated heterocycles. The van der Waals surface area contributed by atoms with Gasteiger partial charge in [0, 0.05) is 6.07 Å². The second-order valence-electron chi connectivity index (χ2n) is 3.01. The molecule has 10 heteroatoms. The second kappa shape index (κ2) is 4.52. The van der Waals surface area contributed by atoms with Crippen LogP contribution in [-0.2, 0) is 12.8 Å². The third kappa shape index (κ3) is 3.39. The maximum absolute atomic E-state index is 12.3. The number of aromatic hydroxyl groups is 1. The highest BCUT2D eigenvalue weighted by Crippen LogP contribution is 2.41. The number of nitrogens with zero attached hydrogens (tertiary/aromatic N) is 1. The van der Waals surface area contributed by atoms with Gasteiger partial charge in [-0.2, -0.15) is 13.2 Å². The molecule has 1 heterocycles. The number of alkyl halides is 6. The number of pyridine rings is 1. The molecule has 0 radical (unpaired) electrons. The van der Waals surface area contributed by atoms with Gasteiger partial charge < -0.3 is 14.9 Å². The number of ether oxygens (including phenoxy) is 1. The number of aliphatic hydroxyl groups is 1. The van der Waals surface area contributed by atoms with E-state index in [1.807, 2.05) is 0 Å². The van der Waals surface area contributed by atoms with Crippen LogP contribution in [0.25, 0.3) is 0 Å². The summed E-state index contributed by atoms with van der Waals surface area (Å²) in [6, 6.07) is 0.359. The zero-order valence-electron chi connectivity index (χ0n) is 8.30. The van der Waals surface area contributed by atoms with E-state index in [9.17, 15) is 26.3 Å². The normalized spacial score (nSPS) is 12.6. The van der Waals surface area contributed by atoms with Crippen molar-refractivity contribution < 1.29 is 41.3 Å². The second-order valence-corrected chi connectivity index (χ2v) is 3.01. The monoisotopic (exact) mass is 277 g/mol. The van der Waals surface area contributed by atoms with E-state index >= 15 is 0 Å². The summed E-state index contributed by atoms with van der Waals surface area (Å²) >= 11 is 0. The standard InChI is InChI=1S/C8H5F6NO3/c9-7(10,11)6-5(17)4(18-8(12,13)14)1-3(2-16)15-6/h1,16-17H,2H2. The largest absolute Gasteiger partial charge is 0.573 e. The molecule has 2 N–H and O–H groups in total. The average Bonchev–Trinajstić information content (AvgIpc) is 2.17. The predicted molar refractivity (Wildman–Crippen MR) is 43.5 cm³/mol. The van der Waals surface area contributed by atoms with Crippen molar-refractivity contribution in [3.05, 3.63) is 17.5 Å².